The predicted molar refractivity (Wildman–Crippen MR) is 73.0 cm³/mol. The number of rotatable bonds is 3. The van der Waals surface area contributed by atoms with E-state index in [4.69, 9.17) is 9.47 Å². The lowest BCUT2D eigenvalue weighted by Gasteiger charge is -2.21. The molecule has 0 saturated carbocycles. The molecule has 0 amide bonds. The van der Waals surface area contributed by atoms with E-state index in [1.807, 2.05) is 25.1 Å². The van der Waals surface area contributed by atoms with E-state index in [2.05, 4.69) is 25.2 Å². The van der Waals surface area contributed by atoms with Crippen molar-refractivity contribution in [3.05, 3.63) is 29.8 Å². The van der Waals surface area contributed by atoms with Crippen molar-refractivity contribution in [3.8, 4) is 5.75 Å². The zero-order valence-electron chi connectivity index (χ0n) is 11.5. The molecule has 3 heteroatoms. The third-order valence-electron chi connectivity index (χ3n) is 3.30. The van der Waals surface area contributed by atoms with Gasteiger partial charge >= 0.3 is 0 Å². The van der Waals surface area contributed by atoms with Crippen molar-refractivity contribution in [2.24, 2.45) is 0 Å². The highest BCUT2D eigenvalue weighted by atomic mass is 16.5. The molecule has 0 bridgehead atoms. The van der Waals surface area contributed by atoms with Crippen LogP contribution in [0.5, 0.6) is 5.75 Å². The monoisotopic (exact) mass is 249 g/mol. The number of para-hydroxylation sites is 1. The molecule has 0 aliphatic carbocycles. The molecule has 18 heavy (non-hydrogen) atoms. The Labute approximate surface area is 109 Å². The van der Waals surface area contributed by atoms with Crippen molar-refractivity contribution >= 4 is 0 Å². The lowest BCUT2D eigenvalue weighted by molar-refractivity contribution is 0.00584. The van der Waals surface area contributed by atoms with Crippen LogP contribution in [-0.2, 0) is 4.74 Å². The molecule has 3 nitrogen and oxygen atoms in total. The zero-order chi connectivity index (χ0) is 13.0. The highest BCUT2D eigenvalue weighted by Crippen LogP contribution is 2.30. The fourth-order valence-corrected chi connectivity index (χ4v) is 2.49. The third-order valence-corrected chi connectivity index (χ3v) is 3.30. The van der Waals surface area contributed by atoms with Crippen LogP contribution < -0.4 is 10.1 Å². The molecule has 1 saturated heterocycles. The molecule has 1 aliphatic heterocycles. The molecular formula is C15H23NO2. The normalized spacial score (nSPS) is 28.7. The summed E-state index contributed by atoms with van der Waals surface area (Å²) in [5, 5.41) is 3.51. The largest absolute Gasteiger partial charge is 0.493 e. The van der Waals surface area contributed by atoms with Crippen molar-refractivity contribution in [1.29, 1.82) is 0 Å². The average molecular weight is 249 g/mol. The smallest absolute Gasteiger partial charge is 0.125 e. The second-order valence-corrected chi connectivity index (χ2v) is 4.95. The Bertz CT molecular complexity index is 381. The summed E-state index contributed by atoms with van der Waals surface area (Å²) in [5.74, 6) is 0.938. The van der Waals surface area contributed by atoms with E-state index in [1.54, 1.807) is 0 Å². The van der Waals surface area contributed by atoms with Gasteiger partial charge in [-0.3, -0.25) is 0 Å². The van der Waals surface area contributed by atoms with Crippen LogP contribution in [0, 0.1) is 0 Å². The summed E-state index contributed by atoms with van der Waals surface area (Å²) in [7, 11) is 0. The van der Waals surface area contributed by atoms with E-state index < -0.39 is 0 Å². The van der Waals surface area contributed by atoms with Gasteiger partial charge in [-0.2, -0.15) is 0 Å². The first-order chi connectivity index (χ1) is 8.70. The van der Waals surface area contributed by atoms with Crippen LogP contribution in [0.25, 0.3) is 0 Å². The van der Waals surface area contributed by atoms with Crippen LogP contribution in [-0.4, -0.2) is 25.3 Å². The Morgan fingerprint density at radius 2 is 2.11 bits per heavy atom. The van der Waals surface area contributed by atoms with Crippen LogP contribution in [0.15, 0.2) is 24.3 Å². The summed E-state index contributed by atoms with van der Waals surface area (Å²) in [4.78, 5) is 0. The van der Waals surface area contributed by atoms with E-state index in [0.717, 1.165) is 24.3 Å². The van der Waals surface area contributed by atoms with Gasteiger partial charge in [0.25, 0.3) is 0 Å². The Balaban J connectivity index is 2.19. The van der Waals surface area contributed by atoms with Gasteiger partial charge in [-0.25, -0.2) is 0 Å². The molecule has 1 aromatic carbocycles. The first-order valence-corrected chi connectivity index (χ1v) is 6.81. The molecular weight excluding hydrogens is 226 g/mol. The maximum absolute atomic E-state index is 6.11. The van der Waals surface area contributed by atoms with Gasteiger partial charge in [0.1, 0.15) is 5.75 Å². The topological polar surface area (TPSA) is 30.5 Å². The minimum absolute atomic E-state index is 0.0766. The van der Waals surface area contributed by atoms with Gasteiger partial charge in [0.05, 0.1) is 18.8 Å². The summed E-state index contributed by atoms with van der Waals surface area (Å²) in [5.41, 5.74) is 1.15. The van der Waals surface area contributed by atoms with Crippen molar-refractivity contribution in [2.45, 2.75) is 45.4 Å². The molecule has 1 aromatic rings. The van der Waals surface area contributed by atoms with E-state index in [1.165, 1.54) is 0 Å². The molecule has 0 spiro atoms. The Morgan fingerprint density at radius 1 is 1.33 bits per heavy atom. The lowest BCUT2D eigenvalue weighted by atomic mass is 10.1. The zero-order valence-corrected chi connectivity index (χ0v) is 11.5. The maximum Gasteiger partial charge on any atom is 0.125 e. The summed E-state index contributed by atoms with van der Waals surface area (Å²) in [6.07, 6.45) is 1.40. The van der Waals surface area contributed by atoms with Gasteiger partial charge < -0.3 is 14.8 Å². The van der Waals surface area contributed by atoms with Gasteiger partial charge in [-0.15, -0.1) is 0 Å². The van der Waals surface area contributed by atoms with Gasteiger partial charge in [0, 0.05) is 18.2 Å². The second-order valence-electron chi connectivity index (χ2n) is 4.95. The van der Waals surface area contributed by atoms with E-state index in [9.17, 15) is 0 Å². The summed E-state index contributed by atoms with van der Waals surface area (Å²) in [6, 6.07) is 8.66. The molecule has 2 rings (SSSR count). The SMILES string of the molecule is CCOc1ccccc1C1CNC(C)CC(C)O1. The second kappa shape index (κ2) is 6.21. The van der Waals surface area contributed by atoms with Crippen LogP contribution in [0.2, 0.25) is 0 Å². The first-order valence-electron chi connectivity index (χ1n) is 6.81. The van der Waals surface area contributed by atoms with Crippen LogP contribution in [0.3, 0.4) is 0 Å². The molecule has 1 N–H and O–H groups in total. The molecule has 0 aromatic heterocycles. The molecule has 3 unspecified atom stereocenters. The van der Waals surface area contributed by atoms with Gasteiger partial charge in [0.15, 0.2) is 0 Å². The molecule has 1 aliphatic rings. The number of hydrogen-bond acceptors (Lipinski definition) is 3. The minimum Gasteiger partial charge on any atom is -0.493 e. The quantitative estimate of drug-likeness (QED) is 0.893. The fraction of sp³-hybridized carbons (Fsp3) is 0.600. The molecule has 1 heterocycles. The van der Waals surface area contributed by atoms with Crippen LogP contribution in [0.1, 0.15) is 38.9 Å². The highest BCUT2D eigenvalue weighted by Gasteiger charge is 2.24. The Morgan fingerprint density at radius 3 is 2.89 bits per heavy atom. The van der Waals surface area contributed by atoms with Crippen molar-refractivity contribution in [1.82, 2.24) is 5.32 Å². The molecule has 100 valence electrons. The van der Waals surface area contributed by atoms with Crippen LogP contribution in [0.4, 0.5) is 0 Å². The van der Waals surface area contributed by atoms with Crippen molar-refractivity contribution < 1.29 is 9.47 Å². The van der Waals surface area contributed by atoms with E-state index in [-0.39, 0.29) is 12.2 Å². The fourth-order valence-electron chi connectivity index (χ4n) is 2.49. The molecule has 3 atom stereocenters. The maximum atomic E-state index is 6.11. The molecule has 1 fully saturated rings. The number of nitrogens with one attached hydrogen (secondary N) is 1. The third kappa shape index (κ3) is 3.24. The Kier molecular flexibility index (Phi) is 4.61. The molecule has 0 radical (unpaired) electrons. The van der Waals surface area contributed by atoms with Crippen molar-refractivity contribution in [3.63, 3.8) is 0 Å². The van der Waals surface area contributed by atoms with Gasteiger partial charge in [0.2, 0.25) is 0 Å². The predicted octanol–water partition coefficient (Wildman–Crippen LogP) is 2.91. The standard InChI is InChI=1S/C15H23NO2/c1-4-17-14-8-6-5-7-13(14)15-10-16-11(2)9-12(3)18-15/h5-8,11-12,15-16H,4,9-10H2,1-3H3. The number of ether oxygens (including phenoxy) is 2. The van der Waals surface area contributed by atoms with E-state index in [0.29, 0.717) is 12.6 Å². The summed E-state index contributed by atoms with van der Waals surface area (Å²) < 4.78 is 11.8. The van der Waals surface area contributed by atoms with E-state index >= 15 is 0 Å². The van der Waals surface area contributed by atoms with Gasteiger partial charge in [-0.05, 0) is 33.3 Å². The van der Waals surface area contributed by atoms with Crippen molar-refractivity contribution in [2.75, 3.05) is 13.2 Å². The summed E-state index contributed by atoms with van der Waals surface area (Å²) in [6.45, 7) is 7.88. The van der Waals surface area contributed by atoms with Gasteiger partial charge in [-0.1, -0.05) is 18.2 Å². The number of hydrogen-bond donors (Lipinski definition) is 1. The minimum atomic E-state index is 0.0766. The van der Waals surface area contributed by atoms with Crippen LogP contribution >= 0.6 is 0 Å². The summed E-state index contributed by atoms with van der Waals surface area (Å²) >= 11 is 0. The average Bonchev–Trinajstić information content (AvgIpc) is 2.51. The lowest BCUT2D eigenvalue weighted by Crippen LogP contribution is -2.28. The number of benzene rings is 1. The first kappa shape index (κ1) is 13.4. The highest BCUT2D eigenvalue weighted by molar-refractivity contribution is 5.35. The Hall–Kier alpha value is -1.06.